The molecule has 0 aromatic carbocycles. The van der Waals surface area contributed by atoms with Crippen LogP contribution in [0.5, 0.6) is 0 Å². The van der Waals surface area contributed by atoms with E-state index in [0.29, 0.717) is 30.8 Å². The molecule has 0 bridgehead atoms. The average molecular weight is 209 g/mol. The van der Waals surface area contributed by atoms with Gasteiger partial charge in [0, 0.05) is 12.1 Å². The second-order valence-corrected chi connectivity index (χ2v) is 3.15. The van der Waals surface area contributed by atoms with Gasteiger partial charge in [0.25, 0.3) is 5.91 Å². The predicted molar refractivity (Wildman–Crippen MR) is 50.6 cm³/mol. The third kappa shape index (κ3) is 1.58. The maximum Gasteiger partial charge on any atom is 0.359 e. The van der Waals surface area contributed by atoms with Crippen LogP contribution in [0.3, 0.4) is 0 Å². The molecule has 1 aromatic heterocycles. The molecule has 0 saturated heterocycles. The molecule has 0 atom stereocenters. The van der Waals surface area contributed by atoms with Crippen molar-refractivity contribution in [1.82, 2.24) is 15.5 Å². The van der Waals surface area contributed by atoms with Crippen molar-refractivity contribution in [2.24, 2.45) is 0 Å². The van der Waals surface area contributed by atoms with Crippen molar-refractivity contribution in [3.63, 3.8) is 0 Å². The molecule has 6 heteroatoms. The van der Waals surface area contributed by atoms with E-state index in [9.17, 15) is 9.59 Å². The van der Waals surface area contributed by atoms with Gasteiger partial charge in [-0.25, -0.2) is 4.79 Å². The number of carbonyl (C=O) groups is 2. The Morgan fingerprint density at radius 3 is 3.13 bits per heavy atom. The Hall–Kier alpha value is -1.85. The second-order valence-electron chi connectivity index (χ2n) is 3.15. The number of nitrogens with one attached hydrogen (secondary N) is 2. The summed E-state index contributed by atoms with van der Waals surface area (Å²) in [5, 5.41) is 9.02. The zero-order valence-electron chi connectivity index (χ0n) is 8.29. The maximum absolute atomic E-state index is 11.4. The molecule has 0 spiro atoms. The third-order valence-corrected chi connectivity index (χ3v) is 2.22. The summed E-state index contributed by atoms with van der Waals surface area (Å²) < 4.78 is 4.83. The third-order valence-electron chi connectivity index (χ3n) is 2.22. The number of rotatable bonds is 2. The zero-order chi connectivity index (χ0) is 10.8. The lowest BCUT2D eigenvalue weighted by Crippen LogP contribution is -2.32. The second kappa shape index (κ2) is 3.72. The van der Waals surface area contributed by atoms with Crippen LogP contribution >= 0.6 is 0 Å². The summed E-state index contributed by atoms with van der Waals surface area (Å²) in [5.74, 6) is -0.705. The summed E-state index contributed by atoms with van der Waals surface area (Å²) in [7, 11) is 0. The van der Waals surface area contributed by atoms with Gasteiger partial charge in [-0.05, 0) is 13.3 Å². The molecule has 0 saturated carbocycles. The Labute approximate surface area is 86.0 Å². The minimum absolute atomic E-state index is 0.223. The first-order chi connectivity index (χ1) is 7.24. The van der Waals surface area contributed by atoms with Crippen LogP contribution in [0.1, 0.15) is 33.5 Å². The van der Waals surface area contributed by atoms with E-state index in [1.54, 1.807) is 6.92 Å². The Kier molecular flexibility index (Phi) is 2.40. The molecule has 1 aliphatic heterocycles. The normalized spacial score (nSPS) is 14.3. The van der Waals surface area contributed by atoms with Crippen LogP contribution in [0.15, 0.2) is 0 Å². The molecule has 2 N–H and O–H groups in total. The lowest BCUT2D eigenvalue weighted by Gasteiger charge is -2.11. The summed E-state index contributed by atoms with van der Waals surface area (Å²) >= 11 is 0. The van der Waals surface area contributed by atoms with Crippen molar-refractivity contribution >= 4 is 11.9 Å². The van der Waals surface area contributed by atoms with E-state index in [4.69, 9.17) is 4.74 Å². The highest BCUT2D eigenvalue weighted by Gasteiger charge is 2.26. The fraction of sp³-hybridized carbons (Fsp3) is 0.444. The number of ether oxygens (including phenoxy) is 1. The van der Waals surface area contributed by atoms with Gasteiger partial charge < -0.3 is 10.1 Å². The molecule has 6 nitrogen and oxygen atoms in total. The van der Waals surface area contributed by atoms with E-state index in [-0.39, 0.29) is 11.6 Å². The topological polar surface area (TPSA) is 84.1 Å². The van der Waals surface area contributed by atoms with Crippen LogP contribution in [0.25, 0.3) is 0 Å². The van der Waals surface area contributed by atoms with Crippen molar-refractivity contribution in [2.75, 3.05) is 13.2 Å². The van der Waals surface area contributed by atoms with Crippen molar-refractivity contribution in [1.29, 1.82) is 0 Å². The summed E-state index contributed by atoms with van der Waals surface area (Å²) in [5.41, 5.74) is 1.24. The van der Waals surface area contributed by atoms with Crippen molar-refractivity contribution in [3.8, 4) is 0 Å². The highest BCUT2D eigenvalue weighted by molar-refractivity contribution is 5.99. The van der Waals surface area contributed by atoms with Gasteiger partial charge in [0.05, 0.1) is 6.61 Å². The van der Waals surface area contributed by atoms with Gasteiger partial charge in [-0.15, -0.1) is 0 Å². The summed E-state index contributed by atoms with van der Waals surface area (Å²) in [6, 6.07) is 0. The molecule has 2 heterocycles. The van der Waals surface area contributed by atoms with Crippen LogP contribution in [-0.4, -0.2) is 35.2 Å². The van der Waals surface area contributed by atoms with Gasteiger partial charge in [-0.2, -0.15) is 5.10 Å². The lowest BCUT2D eigenvalue weighted by atomic mass is 10.1. The Bertz CT molecular complexity index is 411. The number of hydrogen-bond acceptors (Lipinski definition) is 4. The quantitative estimate of drug-likeness (QED) is 0.664. The minimum Gasteiger partial charge on any atom is -0.461 e. The van der Waals surface area contributed by atoms with Crippen LogP contribution < -0.4 is 5.32 Å². The molecule has 0 fully saturated rings. The summed E-state index contributed by atoms with van der Waals surface area (Å²) in [4.78, 5) is 22.8. The number of H-pyrrole nitrogens is 1. The average Bonchev–Trinajstić information content (AvgIpc) is 2.63. The van der Waals surface area contributed by atoms with Crippen LogP contribution in [-0.2, 0) is 11.2 Å². The number of hydrogen-bond donors (Lipinski definition) is 2. The highest BCUT2D eigenvalue weighted by atomic mass is 16.5. The van der Waals surface area contributed by atoms with Crippen molar-refractivity contribution in [2.45, 2.75) is 13.3 Å². The van der Waals surface area contributed by atoms with Gasteiger partial charge in [0.1, 0.15) is 5.69 Å². The van der Waals surface area contributed by atoms with Gasteiger partial charge in [-0.1, -0.05) is 0 Å². The van der Waals surface area contributed by atoms with Crippen LogP contribution in [0.2, 0.25) is 0 Å². The van der Waals surface area contributed by atoms with Crippen molar-refractivity contribution < 1.29 is 14.3 Å². The number of fused-ring (bicyclic) bond motifs is 1. The first-order valence-corrected chi connectivity index (χ1v) is 4.76. The summed E-state index contributed by atoms with van der Waals surface area (Å²) in [6.45, 7) is 2.55. The fourth-order valence-electron chi connectivity index (χ4n) is 1.55. The van der Waals surface area contributed by atoms with E-state index < -0.39 is 5.97 Å². The van der Waals surface area contributed by atoms with Crippen LogP contribution in [0.4, 0.5) is 0 Å². The van der Waals surface area contributed by atoms with Crippen LogP contribution in [0, 0.1) is 0 Å². The SMILES string of the molecule is CCOC(=O)c1n[nH]c2c1CCNC2=O. The molecule has 80 valence electrons. The number of nitrogens with zero attached hydrogens (tertiary/aromatic N) is 1. The van der Waals surface area contributed by atoms with Gasteiger partial charge >= 0.3 is 5.97 Å². The molecule has 0 radical (unpaired) electrons. The fourth-order valence-corrected chi connectivity index (χ4v) is 1.55. The molecule has 1 amide bonds. The molecule has 15 heavy (non-hydrogen) atoms. The van der Waals surface area contributed by atoms with E-state index >= 15 is 0 Å². The molecule has 0 unspecified atom stereocenters. The first kappa shape index (κ1) is 9.70. The Morgan fingerprint density at radius 1 is 1.60 bits per heavy atom. The molecular formula is C9H11N3O3. The van der Waals surface area contributed by atoms with E-state index in [1.165, 1.54) is 0 Å². The monoisotopic (exact) mass is 209 g/mol. The Morgan fingerprint density at radius 2 is 2.40 bits per heavy atom. The molecule has 1 aliphatic rings. The number of aromatic amines is 1. The number of aromatic nitrogens is 2. The standard InChI is InChI=1S/C9H11N3O3/c1-2-15-9(14)7-5-3-4-10-8(13)6(5)11-12-7/h2-4H2,1H3,(H,10,13)(H,11,12). The first-order valence-electron chi connectivity index (χ1n) is 4.76. The minimum atomic E-state index is -0.482. The number of carbonyl (C=O) groups excluding carboxylic acids is 2. The highest BCUT2D eigenvalue weighted by Crippen LogP contribution is 2.16. The van der Waals surface area contributed by atoms with E-state index in [2.05, 4.69) is 15.5 Å². The van der Waals surface area contributed by atoms with E-state index in [1.807, 2.05) is 0 Å². The maximum atomic E-state index is 11.4. The van der Waals surface area contributed by atoms with Gasteiger partial charge in [0.2, 0.25) is 0 Å². The molecule has 0 aliphatic carbocycles. The molecule has 1 aromatic rings. The predicted octanol–water partition coefficient (Wildman–Crippen LogP) is -0.128. The molecular weight excluding hydrogens is 198 g/mol. The lowest BCUT2D eigenvalue weighted by molar-refractivity contribution is 0.0518. The zero-order valence-corrected chi connectivity index (χ0v) is 8.29. The van der Waals surface area contributed by atoms with E-state index in [0.717, 1.165) is 0 Å². The number of amides is 1. The van der Waals surface area contributed by atoms with Gasteiger partial charge in [0.15, 0.2) is 5.69 Å². The number of esters is 1. The largest absolute Gasteiger partial charge is 0.461 e. The smallest absolute Gasteiger partial charge is 0.359 e. The molecule has 2 rings (SSSR count). The summed E-state index contributed by atoms with van der Waals surface area (Å²) in [6.07, 6.45) is 0.603. The van der Waals surface area contributed by atoms with Gasteiger partial charge in [-0.3, -0.25) is 9.89 Å². The van der Waals surface area contributed by atoms with Crippen molar-refractivity contribution in [3.05, 3.63) is 17.0 Å². The Balaban J connectivity index is 2.34.